The number of aliphatic hydroxyl groups excluding tert-OH is 1. The molecule has 5 heterocycles. The van der Waals surface area contributed by atoms with Crippen molar-refractivity contribution in [1.29, 1.82) is 0 Å². The molecule has 5 saturated heterocycles. The molecular weight excluding hydrogens is 1480 g/mol. The Kier molecular flexibility index (Phi) is 23.7. The van der Waals surface area contributed by atoms with Crippen molar-refractivity contribution in [2.45, 2.75) is 196 Å². The van der Waals surface area contributed by atoms with Gasteiger partial charge in [-0.3, -0.25) is 0 Å². The lowest BCUT2D eigenvalue weighted by molar-refractivity contribution is -0.374. The normalized spacial score (nSPS) is 35.0. The van der Waals surface area contributed by atoms with Gasteiger partial charge in [-0.15, -0.1) is 0 Å². The minimum absolute atomic E-state index is 0.0340. The van der Waals surface area contributed by atoms with Gasteiger partial charge in [-0.05, 0) is 184 Å². The Bertz CT molecular complexity index is 4630. The molecule has 25 atom stereocenters. The molecule has 3 saturated carbocycles. The molecule has 0 amide bonds. The van der Waals surface area contributed by atoms with E-state index in [0.717, 1.165) is 44.9 Å². The van der Waals surface area contributed by atoms with Gasteiger partial charge in [0.1, 0.15) is 31.0 Å². The Morgan fingerprint density at radius 3 is 1.38 bits per heavy atom. The smallest absolute Gasteiger partial charge is 0.338 e. The predicted octanol–water partition coefficient (Wildman–Crippen LogP) is 13.9. The zero-order valence-corrected chi connectivity index (χ0v) is 65.4. The number of carbonyl (C=O) groups is 7. The van der Waals surface area contributed by atoms with Crippen LogP contribution in [0.25, 0.3) is 0 Å². The Labute approximate surface area is 673 Å². The number of carbonyl (C=O) groups excluding carboxylic acids is 7. The average Bonchev–Trinajstić information content (AvgIpc) is 1.51. The molecule has 0 unspecified atom stereocenters. The second kappa shape index (κ2) is 34.4. The van der Waals surface area contributed by atoms with Gasteiger partial charge in [0.25, 0.3) is 0 Å². The largest absolute Gasteiger partial charge is 0.459 e. The van der Waals surface area contributed by atoms with Crippen molar-refractivity contribution in [3.63, 3.8) is 0 Å². The highest BCUT2D eigenvalue weighted by atomic mass is 16.8. The number of ether oxygens (including phenoxy) is 15. The molecule has 7 aromatic rings. The molecule has 0 aromatic heterocycles. The number of rotatable bonds is 21. The molecule has 4 aliphatic carbocycles. The van der Waals surface area contributed by atoms with Crippen molar-refractivity contribution >= 4 is 41.8 Å². The maximum absolute atomic E-state index is 14.8. The molecule has 9 aliphatic rings. The summed E-state index contributed by atoms with van der Waals surface area (Å²) in [4.78, 5) is 102. The Morgan fingerprint density at radius 1 is 0.448 bits per heavy atom. The van der Waals surface area contributed by atoms with E-state index in [9.17, 15) is 38.7 Å². The molecule has 23 heteroatoms. The fourth-order valence-corrected chi connectivity index (χ4v) is 19.9. The van der Waals surface area contributed by atoms with Gasteiger partial charge in [0.2, 0.25) is 0 Å². The summed E-state index contributed by atoms with van der Waals surface area (Å²) in [5.41, 5.74) is 1.77. The van der Waals surface area contributed by atoms with Gasteiger partial charge in [-0.2, -0.15) is 0 Å². The first kappa shape index (κ1) is 80.0. The lowest BCUT2D eigenvalue weighted by atomic mass is 9.47. The van der Waals surface area contributed by atoms with Crippen molar-refractivity contribution in [3.8, 4) is 0 Å². The van der Waals surface area contributed by atoms with Crippen LogP contribution in [0.4, 0.5) is 0 Å². The van der Waals surface area contributed by atoms with E-state index in [-0.39, 0.29) is 61.8 Å². The molecule has 0 radical (unpaired) electrons. The van der Waals surface area contributed by atoms with Crippen molar-refractivity contribution < 1.29 is 110 Å². The maximum atomic E-state index is 14.8. The van der Waals surface area contributed by atoms with Gasteiger partial charge in [0, 0.05) is 12.3 Å². The highest BCUT2D eigenvalue weighted by molar-refractivity contribution is 5.93. The van der Waals surface area contributed by atoms with Gasteiger partial charge in [-0.1, -0.05) is 167 Å². The maximum Gasteiger partial charge on any atom is 0.338 e. The second-order valence-electron chi connectivity index (χ2n) is 32.9. The quantitative estimate of drug-likeness (QED) is 0.0397. The number of hydrogen-bond acceptors (Lipinski definition) is 23. The fourth-order valence-electron chi connectivity index (χ4n) is 19.9. The Balaban J connectivity index is 0.756. The molecular formula is C93H98O23. The van der Waals surface area contributed by atoms with Crippen molar-refractivity contribution in [1.82, 2.24) is 0 Å². The van der Waals surface area contributed by atoms with E-state index in [1.165, 1.54) is 78.4 Å². The van der Waals surface area contributed by atoms with Crippen LogP contribution in [0.2, 0.25) is 0 Å². The van der Waals surface area contributed by atoms with Gasteiger partial charge in [0.15, 0.2) is 61.3 Å². The van der Waals surface area contributed by atoms with E-state index in [0.29, 0.717) is 49.0 Å². The summed E-state index contributed by atoms with van der Waals surface area (Å²) in [6.07, 6.45) is -14.2. The third kappa shape index (κ3) is 16.4. The second-order valence-corrected chi connectivity index (χ2v) is 32.9. The summed E-state index contributed by atoms with van der Waals surface area (Å²) in [6, 6.07) is 56.0. The van der Waals surface area contributed by atoms with Crippen LogP contribution in [0, 0.1) is 46.3 Å². The van der Waals surface area contributed by atoms with E-state index in [2.05, 4.69) is 33.8 Å². The van der Waals surface area contributed by atoms with E-state index < -0.39 is 153 Å². The average molecular weight is 1580 g/mol. The first-order valence-electron chi connectivity index (χ1n) is 40.6. The van der Waals surface area contributed by atoms with Crippen LogP contribution in [0.5, 0.6) is 0 Å². The molecule has 1 N–H and O–H groups in total. The van der Waals surface area contributed by atoms with Crippen LogP contribution in [-0.2, 0) is 71.1 Å². The van der Waals surface area contributed by atoms with Gasteiger partial charge >= 0.3 is 41.8 Å². The summed E-state index contributed by atoms with van der Waals surface area (Å²) < 4.78 is 100. The number of benzene rings is 7. The first-order valence-corrected chi connectivity index (χ1v) is 40.6. The number of aliphatic hydroxyl groups is 1. The third-order valence-electron chi connectivity index (χ3n) is 25.9. The fraction of sp³-hybridized carbons (Fsp3) is 0.452. The van der Waals surface area contributed by atoms with Crippen LogP contribution in [0.15, 0.2) is 224 Å². The molecule has 0 bridgehead atoms. The van der Waals surface area contributed by atoms with Crippen molar-refractivity contribution in [2.24, 2.45) is 46.3 Å². The SMILES string of the molecule is C[C@@H]1CC[C@@]2(OC1)O[C@H]1C[C@H]3[C@@H]4CC=C5C[C@@H](O[C@@H]6OC[C@H](O[C@@H]7O[C@H](COC(=O)c8ccccc8)[C@H](OC(=O)c8ccccc8)[C@H](OC(=O)c8ccccc8)[C@H]7OC(=O)c7ccccc7)[C@H](O)[C@H]6O[C@@H]6O[C@@H](C)[C@H](OC(=O)c7ccccc7)[C@@H](OC(=O)c7ccccc7)[C@H]6OC(=O)c6ccccc6)CC[C@]5(C)[C@H]4CC[C@]3(C)[C@H]1[C@@H]2C. The number of allylic oxidation sites excluding steroid dienone is 1. The topological polar surface area (TPSA) is 278 Å². The summed E-state index contributed by atoms with van der Waals surface area (Å²) >= 11 is 0. The van der Waals surface area contributed by atoms with Crippen molar-refractivity contribution in [2.75, 3.05) is 19.8 Å². The van der Waals surface area contributed by atoms with Crippen LogP contribution in [0.1, 0.15) is 165 Å². The zero-order valence-electron chi connectivity index (χ0n) is 65.4. The van der Waals surface area contributed by atoms with Crippen LogP contribution >= 0.6 is 0 Å². The zero-order chi connectivity index (χ0) is 80.4. The third-order valence-corrected chi connectivity index (χ3v) is 25.9. The number of fused-ring (bicyclic) bond motifs is 7. The Hall–Kier alpha value is -9.79. The van der Waals surface area contributed by atoms with Gasteiger partial charge in [-0.25, -0.2) is 33.6 Å². The summed E-state index contributed by atoms with van der Waals surface area (Å²) in [7, 11) is 0. The molecule has 1 spiro atoms. The molecule has 16 rings (SSSR count). The van der Waals surface area contributed by atoms with E-state index in [4.69, 9.17) is 71.1 Å². The summed E-state index contributed by atoms with van der Waals surface area (Å²) in [5.74, 6) is -4.40. The molecule has 8 fully saturated rings. The summed E-state index contributed by atoms with van der Waals surface area (Å²) in [6.45, 7) is 10.6. The van der Waals surface area contributed by atoms with E-state index in [1.807, 2.05) is 0 Å². The minimum Gasteiger partial charge on any atom is -0.459 e. The monoisotopic (exact) mass is 1580 g/mol. The van der Waals surface area contributed by atoms with Gasteiger partial charge < -0.3 is 76.2 Å². The van der Waals surface area contributed by atoms with Crippen molar-refractivity contribution in [3.05, 3.63) is 263 Å². The van der Waals surface area contributed by atoms with Crippen LogP contribution in [-0.4, -0.2) is 171 Å². The number of esters is 7. The molecule has 116 heavy (non-hydrogen) atoms. The minimum atomic E-state index is -1.96. The van der Waals surface area contributed by atoms with Crippen LogP contribution in [0.3, 0.4) is 0 Å². The van der Waals surface area contributed by atoms with E-state index >= 15 is 0 Å². The Morgan fingerprint density at radius 2 is 0.897 bits per heavy atom. The summed E-state index contributed by atoms with van der Waals surface area (Å²) in [5, 5.41) is 13.7. The first-order chi connectivity index (χ1) is 56.2. The molecule has 608 valence electrons. The highest BCUT2D eigenvalue weighted by Gasteiger charge is 2.69. The predicted molar refractivity (Wildman–Crippen MR) is 416 cm³/mol. The lowest BCUT2D eigenvalue weighted by Crippen LogP contribution is -2.66. The molecule has 23 nitrogen and oxygen atoms in total. The number of hydrogen-bond donors (Lipinski definition) is 1. The standard InChI is InChI=1S/C93H98O23/c1-54-43-48-93(104-51-54)55(2)72-69(116-93)50-68-66-42-41-64-49-65(44-46-91(64,4)67(66)45-47-92(68,72)5)106-88-76(115-89-79(113-86(100)62-37-23-11-24-38-62)77(111-84(98)60-33-19-9-20-34-60)74(56(3)105-89)109-82(96)58-29-15-7-16-30-58)73(94)70(52-103-88)107-90-80(114-87(101)63-39-25-12-26-40-63)78(112-85(99)61-35-21-10-22-36-61)75(110-83(97)59-31-17-8-18-32-59)71(108-90)53-102-81(95)57-27-13-6-14-28-57/h6-41,54-56,65-80,88-90,94H,42-53H2,1-5H3/t54-,55+,56+,65+,66-,67+,68+,69+,70+,71-,72+,73+,74+,75+,76-,77-,78+,79-,80-,88+,89+,90-,91+,92+,93-/m1/s1. The van der Waals surface area contributed by atoms with Gasteiger partial charge in [0.05, 0.1) is 70.5 Å². The highest BCUT2D eigenvalue weighted by Crippen LogP contribution is 2.71. The molecule has 7 aromatic carbocycles. The lowest BCUT2D eigenvalue weighted by Gasteiger charge is -2.58. The molecule has 5 aliphatic heterocycles. The van der Waals surface area contributed by atoms with Crippen LogP contribution < -0.4 is 0 Å². The van der Waals surface area contributed by atoms with E-state index in [1.54, 1.807) is 146 Å².